The van der Waals surface area contributed by atoms with Crippen LogP contribution in [0.25, 0.3) is 22.2 Å². The minimum Gasteiger partial charge on any atom is -0.481 e. The Morgan fingerprint density at radius 3 is 2.66 bits per heavy atom. The number of halogens is 1. The first-order chi connectivity index (χ1) is 15.3. The number of ether oxygens (including phenoxy) is 1. The molecule has 0 aliphatic heterocycles. The second-order valence-corrected chi connectivity index (χ2v) is 8.33. The molecule has 3 heterocycles. The maximum atomic E-state index is 11.7. The molecule has 0 aliphatic rings. The Balaban J connectivity index is 1.79. The monoisotopic (exact) mass is 496 g/mol. The Morgan fingerprint density at radius 2 is 2.00 bits per heavy atom. The van der Waals surface area contributed by atoms with Crippen molar-refractivity contribution in [3.8, 4) is 17.1 Å². The lowest BCUT2D eigenvalue weighted by Crippen LogP contribution is -2.13. The Kier molecular flexibility index (Phi) is 5.84. The molecule has 0 fully saturated rings. The van der Waals surface area contributed by atoms with Gasteiger partial charge < -0.3 is 19.7 Å². The molecular formula is C23H21BrN4O4. The topological polar surface area (TPSA) is 110 Å². The van der Waals surface area contributed by atoms with Crippen molar-refractivity contribution in [2.75, 3.05) is 12.4 Å². The highest BCUT2D eigenvalue weighted by atomic mass is 79.9. The molecule has 2 N–H and O–H groups in total. The summed E-state index contributed by atoms with van der Waals surface area (Å²) in [5.74, 6) is -0.892. The quantitative estimate of drug-likeness (QED) is 0.357. The average Bonchev–Trinajstić information content (AvgIpc) is 3.18. The number of aryl methyl sites for hydroxylation is 2. The lowest BCUT2D eigenvalue weighted by Gasteiger charge is -2.20. The number of anilines is 1. The van der Waals surface area contributed by atoms with E-state index in [-0.39, 0.29) is 17.6 Å². The minimum absolute atomic E-state index is 0.0994. The summed E-state index contributed by atoms with van der Waals surface area (Å²) in [5, 5.41) is 17.8. The standard InChI is InChI=1S/C23H21BrN4O4/c1-11-7-14(12(2)25-18-5-6-20(31-4)27-22(18)23(29)30)15-9-17(24)21(26-19(15)8-11)16-10-32-28-13(16)3/h5-10,12,25H,1-4H3,(H,29,30)/t12-/m1/s1. The molecule has 0 saturated heterocycles. The van der Waals surface area contributed by atoms with Crippen LogP contribution < -0.4 is 10.1 Å². The van der Waals surface area contributed by atoms with Crippen molar-refractivity contribution in [2.45, 2.75) is 26.8 Å². The molecule has 4 rings (SSSR count). The zero-order chi connectivity index (χ0) is 23.0. The molecule has 0 radical (unpaired) electrons. The smallest absolute Gasteiger partial charge is 0.356 e. The van der Waals surface area contributed by atoms with E-state index in [9.17, 15) is 9.90 Å². The average molecular weight is 497 g/mol. The van der Waals surface area contributed by atoms with Crippen LogP contribution in [0, 0.1) is 13.8 Å². The van der Waals surface area contributed by atoms with Gasteiger partial charge in [-0.05, 0) is 66.0 Å². The fraction of sp³-hybridized carbons (Fsp3) is 0.217. The number of aromatic carboxylic acids is 1. The predicted molar refractivity (Wildman–Crippen MR) is 124 cm³/mol. The van der Waals surface area contributed by atoms with Crippen LogP contribution in [0.2, 0.25) is 0 Å². The third kappa shape index (κ3) is 4.03. The zero-order valence-electron chi connectivity index (χ0n) is 17.9. The number of nitrogens with zero attached hydrogens (tertiary/aromatic N) is 3. The van der Waals surface area contributed by atoms with E-state index in [1.54, 1.807) is 18.4 Å². The first-order valence-corrected chi connectivity index (χ1v) is 10.6. The molecule has 0 amide bonds. The highest BCUT2D eigenvalue weighted by molar-refractivity contribution is 9.10. The number of carboxylic acid groups (broad SMARTS) is 1. The maximum absolute atomic E-state index is 11.7. The van der Waals surface area contributed by atoms with Crippen LogP contribution in [0.4, 0.5) is 5.69 Å². The van der Waals surface area contributed by atoms with E-state index in [0.29, 0.717) is 5.69 Å². The summed E-state index contributed by atoms with van der Waals surface area (Å²) in [7, 11) is 1.45. The van der Waals surface area contributed by atoms with Gasteiger partial charge in [-0.25, -0.2) is 14.8 Å². The Labute approximate surface area is 192 Å². The number of hydrogen-bond acceptors (Lipinski definition) is 7. The summed E-state index contributed by atoms with van der Waals surface area (Å²) < 4.78 is 11.0. The van der Waals surface area contributed by atoms with Crippen molar-refractivity contribution in [2.24, 2.45) is 0 Å². The number of hydrogen-bond donors (Lipinski definition) is 2. The summed E-state index contributed by atoms with van der Waals surface area (Å²) in [6, 6.07) is 9.16. The van der Waals surface area contributed by atoms with Crippen molar-refractivity contribution < 1.29 is 19.2 Å². The van der Waals surface area contributed by atoms with E-state index in [4.69, 9.17) is 14.2 Å². The van der Waals surface area contributed by atoms with Gasteiger partial charge in [-0.3, -0.25) is 0 Å². The normalized spacial score (nSPS) is 12.0. The molecule has 0 unspecified atom stereocenters. The molecular weight excluding hydrogens is 476 g/mol. The highest BCUT2D eigenvalue weighted by Gasteiger charge is 2.19. The third-order valence-corrected chi connectivity index (χ3v) is 5.79. The molecule has 4 aromatic rings. The number of aromatic nitrogens is 3. The van der Waals surface area contributed by atoms with Crippen LogP contribution in [0.1, 0.15) is 40.3 Å². The van der Waals surface area contributed by atoms with Gasteiger partial charge in [0, 0.05) is 22.0 Å². The van der Waals surface area contributed by atoms with Gasteiger partial charge in [0.2, 0.25) is 5.88 Å². The fourth-order valence-electron chi connectivity index (χ4n) is 3.64. The number of benzene rings is 1. The number of fused-ring (bicyclic) bond motifs is 1. The SMILES string of the molecule is COc1ccc(N[C@H](C)c2cc(C)cc3nc(-c4conc4C)c(Br)cc23)c(C(=O)O)n1. The summed E-state index contributed by atoms with van der Waals surface area (Å²) in [5.41, 5.74) is 5.47. The minimum atomic E-state index is -1.13. The van der Waals surface area contributed by atoms with E-state index in [2.05, 4.69) is 37.5 Å². The van der Waals surface area contributed by atoms with Gasteiger partial charge in [0.15, 0.2) is 5.69 Å². The van der Waals surface area contributed by atoms with Crippen LogP contribution in [0.15, 0.2) is 45.6 Å². The molecule has 32 heavy (non-hydrogen) atoms. The molecule has 0 saturated carbocycles. The van der Waals surface area contributed by atoms with Gasteiger partial charge in [0.1, 0.15) is 6.26 Å². The second-order valence-electron chi connectivity index (χ2n) is 7.47. The van der Waals surface area contributed by atoms with Crippen molar-refractivity contribution in [1.82, 2.24) is 15.1 Å². The van der Waals surface area contributed by atoms with Crippen molar-refractivity contribution >= 4 is 38.5 Å². The van der Waals surface area contributed by atoms with Crippen LogP contribution >= 0.6 is 15.9 Å². The molecule has 3 aromatic heterocycles. The van der Waals surface area contributed by atoms with Gasteiger partial charge in [0.25, 0.3) is 0 Å². The highest BCUT2D eigenvalue weighted by Crippen LogP contribution is 2.35. The maximum Gasteiger partial charge on any atom is 0.356 e. The number of methoxy groups -OCH3 is 1. The van der Waals surface area contributed by atoms with Gasteiger partial charge in [-0.15, -0.1) is 0 Å². The lowest BCUT2D eigenvalue weighted by molar-refractivity contribution is 0.0690. The van der Waals surface area contributed by atoms with Crippen LogP contribution in [0.3, 0.4) is 0 Å². The van der Waals surface area contributed by atoms with E-state index in [1.807, 2.05) is 32.9 Å². The second kappa shape index (κ2) is 8.58. The van der Waals surface area contributed by atoms with E-state index >= 15 is 0 Å². The van der Waals surface area contributed by atoms with Crippen molar-refractivity contribution in [3.63, 3.8) is 0 Å². The summed E-state index contributed by atoms with van der Waals surface area (Å²) in [6.07, 6.45) is 1.58. The molecule has 8 nitrogen and oxygen atoms in total. The van der Waals surface area contributed by atoms with Crippen LogP contribution in [0.5, 0.6) is 5.88 Å². The Bertz CT molecular complexity index is 1340. The zero-order valence-corrected chi connectivity index (χ0v) is 19.5. The number of nitrogens with one attached hydrogen (secondary N) is 1. The lowest BCUT2D eigenvalue weighted by atomic mass is 9.98. The molecule has 9 heteroatoms. The van der Waals surface area contributed by atoms with Gasteiger partial charge in [0.05, 0.1) is 35.3 Å². The fourth-order valence-corrected chi connectivity index (χ4v) is 4.17. The number of rotatable bonds is 6. The van der Waals surface area contributed by atoms with E-state index < -0.39 is 5.97 Å². The van der Waals surface area contributed by atoms with Crippen LogP contribution in [-0.2, 0) is 0 Å². The van der Waals surface area contributed by atoms with Gasteiger partial charge >= 0.3 is 5.97 Å². The van der Waals surface area contributed by atoms with E-state index in [1.165, 1.54) is 7.11 Å². The molecule has 1 aromatic carbocycles. The van der Waals surface area contributed by atoms with Gasteiger partial charge in [-0.1, -0.05) is 11.2 Å². The first kappa shape index (κ1) is 21.8. The number of carboxylic acids is 1. The summed E-state index contributed by atoms with van der Waals surface area (Å²) in [4.78, 5) is 20.6. The molecule has 164 valence electrons. The first-order valence-electron chi connectivity index (χ1n) is 9.85. The molecule has 0 spiro atoms. The summed E-state index contributed by atoms with van der Waals surface area (Å²) in [6.45, 7) is 5.84. The molecule has 0 aliphatic carbocycles. The predicted octanol–water partition coefficient (Wildman–Crippen LogP) is 5.54. The Hall–Kier alpha value is -3.46. The van der Waals surface area contributed by atoms with Crippen molar-refractivity contribution in [1.29, 1.82) is 0 Å². The van der Waals surface area contributed by atoms with E-state index in [0.717, 1.165) is 43.5 Å². The third-order valence-electron chi connectivity index (χ3n) is 5.19. The number of carbonyl (C=O) groups is 1. The molecule has 1 atom stereocenters. The number of pyridine rings is 2. The van der Waals surface area contributed by atoms with Gasteiger partial charge in [-0.2, -0.15) is 0 Å². The van der Waals surface area contributed by atoms with Crippen molar-refractivity contribution in [3.05, 3.63) is 63.6 Å². The molecule has 0 bridgehead atoms. The largest absolute Gasteiger partial charge is 0.481 e. The summed E-state index contributed by atoms with van der Waals surface area (Å²) >= 11 is 3.63. The Morgan fingerprint density at radius 1 is 1.22 bits per heavy atom. The van der Waals surface area contributed by atoms with Crippen LogP contribution in [-0.4, -0.2) is 33.3 Å².